The summed E-state index contributed by atoms with van der Waals surface area (Å²) in [5, 5.41) is 1.91. The van der Waals surface area contributed by atoms with E-state index in [1.165, 1.54) is 22.7 Å². The van der Waals surface area contributed by atoms with Crippen LogP contribution in [0.15, 0.2) is 81.0 Å². The van der Waals surface area contributed by atoms with Crippen molar-refractivity contribution < 1.29 is 28.5 Å². The van der Waals surface area contributed by atoms with Crippen LogP contribution in [0.1, 0.15) is 53.2 Å². The van der Waals surface area contributed by atoms with Crippen LogP contribution in [0.5, 0.6) is 11.5 Å². The Morgan fingerprint density at radius 2 is 1.74 bits per heavy atom. The molecule has 2 aromatic carbocycles. The summed E-state index contributed by atoms with van der Waals surface area (Å²) in [5.41, 5.74) is 2.52. The Morgan fingerprint density at radius 3 is 2.42 bits per heavy atom. The SMILES string of the molecule is CCOC(=O)C1=C(C)N=c2s/c(=C\c3cccc(OC)c3OCc3ccc(C(=O)OCC)cc3)c(=O)n2[C@@H]1c1cccs1. The van der Waals surface area contributed by atoms with Crippen molar-refractivity contribution in [3.05, 3.63) is 113 Å². The zero-order valence-electron chi connectivity index (χ0n) is 24.1. The third-order valence-electron chi connectivity index (χ3n) is 6.69. The fourth-order valence-electron chi connectivity index (χ4n) is 4.72. The van der Waals surface area contributed by atoms with E-state index in [1.54, 1.807) is 68.9 Å². The summed E-state index contributed by atoms with van der Waals surface area (Å²) in [6.45, 7) is 5.99. The molecule has 0 radical (unpaired) electrons. The quantitative estimate of drug-likeness (QED) is 0.239. The minimum Gasteiger partial charge on any atom is -0.493 e. The molecule has 0 saturated heterocycles. The minimum absolute atomic E-state index is 0.200. The molecule has 0 aliphatic carbocycles. The van der Waals surface area contributed by atoms with Gasteiger partial charge >= 0.3 is 11.9 Å². The van der Waals surface area contributed by atoms with Crippen molar-refractivity contribution in [2.75, 3.05) is 20.3 Å². The molecular formula is C32H30N2O7S2. The van der Waals surface area contributed by atoms with Gasteiger partial charge in [0.1, 0.15) is 12.6 Å². The lowest BCUT2D eigenvalue weighted by atomic mass is 10.0. The number of carbonyl (C=O) groups excluding carboxylic acids is 2. The lowest BCUT2D eigenvalue weighted by Gasteiger charge is -2.23. The van der Waals surface area contributed by atoms with Gasteiger partial charge in [0.2, 0.25) is 0 Å². The number of nitrogens with zero attached hydrogens (tertiary/aromatic N) is 2. The second kappa shape index (κ2) is 13.2. The van der Waals surface area contributed by atoms with Gasteiger partial charge in [-0.05, 0) is 62.1 Å². The molecule has 2 aromatic heterocycles. The second-order valence-electron chi connectivity index (χ2n) is 9.40. The van der Waals surface area contributed by atoms with Gasteiger partial charge in [-0.3, -0.25) is 9.36 Å². The summed E-state index contributed by atoms with van der Waals surface area (Å²) in [6.07, 6.45) is 1.75. The highest BCUT2D eigenvalue weighted by Gasteiger charge is 2.34. The standard InChI is InChI=1S/C32H30N2O7S2/c1-5-39-30(36)21-14-12-20(13-15-21)18-41-28-22(9-7-10-23(28)38-4)17-25-29(35)34-27(24-11-8-16-42-24)26(31(37)40-6-2)19(3)33-32(34)43-25/h7-17,27H,5-6,18H2,1-4H3/b25-17-/t27-/m1/s1. The Morgan fingerprint density at radius 1 is 1.00 bits per heavy atom. The number of fused-ring (bicyclic) bond motifs is 1. The number of thiophene rings is 1. The van der Waals surface area contributed by atoms with Crippen LogP contribution >= 0.6 is 22.7 Å². The highest BCUT2D eigenvalue weighted by atomic mass is 32.1. The van der Waals surface area contributed by atoms with Crippen molar-refractivity contribution in [1.82, 2.24) is 4.57 Å². The Balaban J connectivity index is 1.53. The zero-order chi connectivity index (χ0) is 30.5. The van der Waals surface area contributed by atoms with E-state index in [1.807, 2.05) is 29.6 Å². The molecule has 0 unspecified atom stereocenters. The van der Waals surface area contributed by atoms with E-state index in [0.29, 0.717) is 49.8 Å². The van der Waals surface area contributed by atoms with Gasteiger partial charge in [0, 0.05) is 10.4 Å². The minimum atomic E-state index is -0.643. The molecule has 0 fully saturated rings. The van der Waals surface area contributed by atoms with E-state index in [9.17, 15) is 14.4 Å². The molecule has 1 aliphatic heterocycles. The van der Waals surface area contributed by atoms with Crippen molar-refractivity contribution in [1.29, 1.82) is 0 Å². The van der Waals surface area contributed by atoms with Crippen molar-refractivity contribution in [2.24, 2.45) is 4.99 Å². The topological polar surface area (TPSA) is 105 Å². The number of hydrogen-bond donors (Lipinski definition) is 0. The number of ether oxygens (including phenoxy) is 4. The van der Waals surface area contributed by atoms with Crippen molar-refractivity contribution in [3.8, 4) is 11.5 Å². The van der Waals surface area contributed by atoms with E-state index < -0.39 is 12.0 Å². The number of allylic oxidation sites excluding steroid dienone is 1. The maximum Gasteiger partial charge on any atom is 0.338 e. The lowest BCUT2D eigenvalue weighted by Crippen LogP contribution is -2.39. The van der Waals surface area contributed by atoms with Gasteiger partial charge in [0.05, 0.1) is 41.7 Å². The van der Waals surface area contributed by atoms with Gasteiger partial charge in [0.25, 0.3) is 5.56 Å². The Labute approximate surface area is 256 Å². The Kier molecular flexibility index (Phi) is 9.22. The normalized spacial score (nSPS) is 14.6. The highest BCUT2D eigenvalue weighted by Crippen LogP contribution is 2.34. The maximum atomic E-state index is 13.9. The monoisotopic (exact) mass is 618 g/mol. The number of para-hydroxylation sites is 1. The average Bonchev–Trinajstić information content (AvgIpc) is 3.64. The number of carbonyl (C=O) groups is 2. The highest BCUT2D eigenvalue weighted by molar-refractivity contribution is 7.10. The lowest BCUT2D eigenvalue weighted by molar-refractivity contribution is -0.139. The first kappa shape index (κ1) is 30.0. The van der Waals surface area contributed by atoms with Crippen molar-refractivity contribution in [2.45, 2.75) is 33.4 Å². The second-order valence-corrected chi connectivity index (χ2v) is 11.4. The van der Waals surface area contributed by atoms with Gasteiger partial charge in [-0.15, -0.1) is 11.3 Å². The third kappa shape index (κ3) is 6.18. The van der Waals surface area contributed by atoms with Crippen LogP contribution in [0.4, 0.5) is 0 Å². The molecule has 0 amide bonds. The number of methoxy groups -OCH3 is 1. The first-order valence-corrected chi connectivity index (χ1v) is 15.3. The molecule has 1 aliphatic rings. The summed E-state index contributed by atoms with van der Waals surface area (Å²) >= 11 is 2.70. The molecule has 5 rings (SSSR count). The zero-order valence-corrected chi connectivity index (χ0v) is 25.8. The van der Waals surface area contributed by atoms with E-state index in [-0.39, 0.29) is 24.7 Å². The van der Waals surface area contributed by atoms with Crippen LogP contribution in [-0.2, 0) is 20.9 Å². The fourth-order valence-corrected chi connectivity index (χ4v) is 6.58. The van der Waals surface area contributed by atoms with Gasteiger partial charge in [-0.1, -0.05) is 41.7 Å². The predicted octanol–water partition coefficient (Wildman–Crippen LogP) is 4.62. The molecule has 222 valence electrons. The molecular weight excluding hydrogens is 588 g/mol. The van der Waals surface area contributed by atoms with Crippen LogP contribution < -0.4 is 24.4 Å². The number of thiazole rings is 1. The first-order valence-electron chi connectivity index (χ1n) is 13.6. The summed E-state index contributed by atoms with van der Waals surface area (Å²) in [6, 6.07) is 15.6. The van der Waals surface area contributed by atoms with E-state index >= 15 is 0 Å². The number of hydrogen-bond acceptors (Lipinski definition) is 10. The number of esters is 2. The third-order valence-corrected chi connectivity index (χ3v) is 8.60. The van der Waals surface area contributed by atoms with Crippen molar-refractivity contribution >= 4 is 40.7 Å². The Bertz CT molecular complexity index is 1850. The summed E-state index contributed by atoms with van der Waals surface area (Å²) < 4.78 is 24.2. The van der Waals surface area contributed by atoms with Crippen LogP contribution in [-0.4, -0.2) is 36.8 Å². The molecule has 0 N–H and O–H groups in total. The van der Waals surface area contributed by atoms with E-state index in [2.05, 4.69) is 4.99 Å². The molecule has 0 saturated carbocycles. The van der Waals surface area contributed by atoms with Crippen LogP contribution in [0.2, 0.25) is 0 Å². The summed E-state index contributed by atoms with van der Waals surface area (Å²) in [4.78, 5) is 44.9. The van der Waals surface area contributed by atoms with Crippen LogP contribution in [0.25, 0.3) is 6.08 Å². The molecule has 11 heteroatoms. The number of aromatic nitrogens is 1. The molecule has 9 nitrogen and oxygen atoms in total. The van der Waals surface area contributed by atoms with E-state index in [4.69, 9.17) is 18.9 Å². The van der Waals surface area contributed by atoms with Crippen LogP contribution in [0.3, 0.4) is 0 Å². The summed E-state index contributed by atoms with van der Waals surface area (Å²) in [7, 11) is 1.55. The first-order chi connectivity index (χ1) is 20.9. The molecule has 43 heavy (non-hydrogen) atoms. The molecule has 0 spiro atoms. The number of rotatable bonds is 10. The van der Waals surface area contributed by atoms with Gasteiger partial charge in [-0.2, -0.15) is 0 Å². The van der Waals surface area contributed by atoms with Crippen LogP contribution in [0, 0.1) is 0 Å². The maximum absolute atomic E-state index is 13.9. The van der Waals surface area contributed by atoms with E-state index in [0.717, 1.165) is 10.4 Å². The average molecular weight is 619 g/mol. The smallest absolute Gasteiger partial charge is 0.338 e. The molecule has 0 bridgehead atoms. The fraction of sp³-hybridized carbons (Fsp3) is 0.250. The predicted molar refractivity (Wildman–Crippen MR) is 164 cm³/mol. The summed E-state index contributed by atoms with van der Waals surface area (Å²) in [5.74, 6) is 0.0922. The molecule has 4 aromatic rings. The Hall–Kier alpha value is -4.48. The van der Waals surface area contributed by atoms with Gasteiger partial charge < -0.3 is 18.9 Å². The van der Waals surface area contributed by atoms with Crippen molar-refractivity contribution in [3.63, 3.8) is 0 Å². The largest absolute Gasteiger partial charge is 0.493 e. The molecule has 3 heterocycles. The number of benzene rings is 2. The molecule has 1 atom stereocenters. The van der Waals surface area contributed by atoms with Gasteiger partial charge in [-0.25, -0.2) is 14.6 Å². The van der Waals surface area contributed by atoms with Gasteiger partial charge in [0.15, 0.2) is 16.3 Å².